The molecule has 0 amide bonds. The lowest BCUT2D eigenvalue weighted by molar-refractivity contribution is 0.395. The Kier molecular flexibility index (Phi) is 26.4. The van der Waals surface area contributed by atoms with Crippen molar-refractivity contribution in [3.05, 3.63) is 281 Å². The van der Waals surface area contributed by atoms with Crippen LogP contribution in [0.5, 0.6) is 40.9 Å². The van der Waals surface area contributed by atoms with Crippen molar-refractivity contribution in [3.63, 3.8) is 0 Å². The van der Waals surface area contributed by atoms with E-state index in [-0.39, 0.29) is 67.2 Å². The number of methoxy groups -OCH3 is 3. The number of rotatable bonds is 12. The first-order valence-electron chi connectivity index (χ1n) is 31.5. The summed E-state index contributed by atoms with van der Waals surface area (Å²) in [5, 5.41) is 40.3. The molecule has 15 heterocycles. The van der Waals surface area contributed by atoms with Crippen LogP contribution in [0.1, 0.15) is 0 Å². The highest BCUT2D eigenvalue weighted by atomic mass is 35.5. The monoisotopic (exact) mass is 1610 g/mol. The fourth-order valence-electron chi connectivity index (χ4n) is 9.24. The molecule has 0 aliphatic rings. The van der Waals surface area contributed by atoms with E-state index in [1.54, 1.807) is 89.6 Å². The number of nitrogens with zero attached hydrogens (tertiary/aromatic N) is 20. The Labute approximate surface area is 646 Å². The van der Waals surface area contributed by atoms with Gasteiger partial charge in [-0.2, -0.15) is 36.6 Å². The van der Waals surface area contributed by atoms with Gasteiger partial charge in [0.15, 0.2) is 27.8 Å². The molecule has 0 spiro atoms. The third-order valence-electron chi connectivity index (χ3n) is 14.3. The first-order valence-corrected chi connectivity index (χ1v) is 33.4. The quantitative estimate of drug-likeness (QED) is 0.0652. The highest BCUT2D eigenvalue weighted by Crippen LogP contribution is 2.31. The van der Waals surface area contributed by atoms with Gasteiger partial charge in [-0.25, -0.2) is 52.2 Å². The van der Waals surface area contributed by atoms with Gasteiger partial charge in [0.25, 0.3) is 0 Å². The van der Waals surface area contributed by atoms with E-state index in [4.69, 9.17) is 97.5 Å². The van der Waals surface area contributed by atoms with Gasteiger partial charge in [-0.3, -0.25) is 9.97 Å². The Morgan fingerprint density at radius 2 is 0.856 bits per heavy atom. The van der Waals surface area contributed by atoms with Crippen molar-refractivity contribution < 1.29 is 60.1 Å². The van der Waals surface area contributed by atoms with Crippen molar-refractivity contribution >= 4 is 115 Å². The van der Waals surface area contributed by atoms with Crippen LogP contribution in [0.4, 0.5) is 43.5 Å². The van der Waals surface area contributed by atoms with E-state index in [0.717, 1.165) is 36.0 Å². The zero-order valence-corrected chi connectivity index (χ0v) is 60.8. The summed E-state index contributed by atoms with van der Waals surface area (Å²) in [6.45, 7) is 0. The molecule has 2 aromatic carbocycles. The highest BCUT2D eigenvalue weighted by Gasteiger charge is 2.20. The van der Waals surface area contributed by atoms with Gasteiger partial charge in [0.05, 0.1) is 50.7 Å². The van der Waals surface area contributed by atoms with Crippen molar-refractivity contribution in [1.29, 1.82) is 0 Å². The Bertz CT molecular complexity index is 6010. The average molecular weight is 1610 g/mol. The van der Waals surface area contributed by atoms with Crippen LogP contribution in [0.15, 0.2) is 219 Å². The van der Waals surface area contributed by atoms with Crippen molar-refractivity contribution in [2.24, 2.45) is 0 Å². The molecule has 0 unspecified atom stereocenters. The number of pyridine rings is 5. The summed E-state index contributed by atoms with van der Waals surface area (Å²) < 4.78 is 113. The molecule has 562 valence electrons. The zero-order chi connectivity index (χ0) is 78.7. The molecule has 0 aliphatic carbocycles. The van der Waals surface area contributed by atoms with E-state index in [1.807, 2.05) is 48.5 Å². The molecule has 5 N–H and O–H groups in total. The second kappa shape index (κ2) is 37.1. The van der Waals surface area contributed by atoms with Gasteiger partial charge in [0.2, 0.25) is 80.7 Å². The summed E-state index contributed by atoms with van der Waals surface area (Å²) in [5.74, 6) is 0.256. The number of anilines is 3. The van der Waals surface area contributed by atoms with Gasteiger partial charge >= 0.3 is 7.12 Å². The smallest absolute Gasteiger partial charge is 0.481 e. The van der Waals surface area contributed by atoms with Crippen LogP contribution in [0.2, 0.25) is 26.2 Å². The van der Waals surface area contributed by atoms with Crippen LogP contribution in [0, 0.1) is 35.4 Å². The summed E-state index contributed by atoms with van der Waals surface area (Å²) in [4.78, 5) is 39.7. The van der Waals surface area contributed by atoms with E-state index in [1.165, 1.54) is 94.4 Å². The van der Waals surface area contributed by atoms with Crippen molar-refractivity contribution in [2.75, 3.05) is 32.4 Å². The summed E-state index contributed by atoms with van der Waals surface area (Å²) in [6.07, 6.45) is 6.79. The number of hydrogen-bond donors (Lipinski definition) is 4. The summed E-state index contributed by atoms with van der Waals surface area (Å²) in [7, 11) is 2.94. The molecule has 15 aromatic heterocycles. The number of hydrogen-bond acceptors (Lipinski definition) is 24. The van der Waals surface area contributed by atoms with Crippen LogP contribution >= 0.6 is 58.0 Å². The van der Waals surface area contributed by atoms with Crippen LogP contribution in [-0.4, -0.2) is 136 Å². The maximum atomic E-state index is 14.1. The lowest BCUT2D eigenvalue weighted by atomic mass is 9.86. The van der Waals surface area contributed by atoms with Gasteiger partial charge in [-0.1, -0.05) is 77.8 Å². The topological polar surface area (TPSA) is 340 Å². The minimum atomic E-state index is -1.54. The molecule has 29 nitrogen and oxygen atoms in total. The number of aromatic nitrogens is 20. The van der Waals surface area contributed by atoms with E-state index in [0.29, 0.717) is 67.7 Å². The SMILES string of the molecule is COc1cccc(-c2nc(Nc3ccncc3F)c3ccc(F)n3n2)n1.COc1cccc(-c2nc(Oc3ccccc3)c3ccc(F)n3n2)n1.COc1cccc(B(O)O)n1.Clc1nc(Cl)c2cccn2n1.Fc1ccc2c(Cl)nc(Cl)nn12.Fc1ccc2c(Oc3ccccc3)nc(Cl)nn12.Nc1ccncc1F. The molecule has 17 rings (SSSR count). The highest BCUT2D eigenvalue weighted by molar-refractivity contribution is 6.57. The molecular weight excluding hydrogens is 1560 g/mol. The molecule has 0 saturated carbocycles. The molecule has 0 bridgehead atoms. The first-order chi connectivity index (χ1) is 53.6. The van der Waals surface area contributed by atoms with Gasteiger partial charge in [0.1, 0.15) is 50.5 Å². The third-order valence-corrected chi connectivity index (χ3v) is 15.3. The standard InChI is InChI=1S/C18H13FN4O2.C17H12F2N6O.C12H7ClFN3O.C6H8BNO3.C6H2Cl2FN3.C6H3Cl2N3.C5H5FN2/c1-24-16-9-5-8-13(20-16)17-21-18(25-12-6-3-2-4-7-12)14-10-11-15(19)23(14)22-17;1-26-15-4-2-3-12(21-15)16-23-17(13-5-6-14(19)25(13)24-16)22-11-7-8-20-9-10(11)18;13-12-15-11(18-8-4-2-1-3-5-8)9-6-7-10(14)17(9)16-12;1-11-6-4-2-3-5(8-6)7(9)10;7-5-3-1-2-4(9)12(3)11-6(8)10-5;7-5-4-2-1-3-11(4)10-6(8)9-5;6-4-3-8-2-1-5(4)7/h2-11H,1H3;2-9H,1H3,(H,20,22,23,24);1-7H;2-4,9-10H,1H3;1-2H;1-3H;1-3H,(H2,7,8). The van der Waals surface area contributed by atoms with Gasteiger partial charge < -0.3 is 44.8 Å². The number of benzene rings is 2. The third kappa shape index (κ3) is 20.4. The number of ether oxygens (including phenoxy) is 5. The fraction of sp³-hybridized carbons (Fsp3) is 0.0429. The molecule has 111 heavy (non-hydrogen) atoms. The minimum Gasteiger partial charge on any atom is -0.481 e. The largest absolute Gasteiger partial charge is 0.508 e. The van der Waals surface area contributed by atoms with Crippen molar-refractivity contribution in [3.8, 4) is 63.9 Å². The number of nitrogens with two attached hydrogens (primary N) is 1. The molecule has 17 aromatic rings. The first kappa shape index (κ1) is 79.0. The second-order valence-corrected chi connectivity index (χ2v) is 23.3. The van der Waals surface area contributed by atoms with Gasteiger partial charge in [-0.15, -0.1) is 25.5 Å². The predicted octanol–water partition coefficient (Wildman–Crippen LogP) is 14.0. The molecule has 0 atom stereocenters. The molecule has 0 saturated heterocycles. The number of halogens is 11. The van der Waals surface area contributed by atoms with E-state index < -0.39 is 42.5 Å². The lowest BCUT2D eigenvalue weighted by Crippen LogP contribution is -2.32. The average Bonchev–Trinajstić information content (AvgIpc) is 1.71. The van der Waals surface area contributed by atoms with Crippen molar-refractivity contribution in [1.82, 2.24) is 97.9 Å². The van der Waals surface area contributed by atoms with E-state index in [9.17, 15) is 26.3 Å². The number of nitrogens with one attached hydrogen (secondary N) is 1. The summed E-state index contributed by atoms with van der Waals surface area (Å²) in [6, 6.07) is 50.9. The zero-order valence-electron chi connectivity index (χ0n) is 57.0. The predicted molar refractivity (Wildman–Crippen MR) is 399 cm³/mol. The lowest BCUT2D eigenvalue weighted by Gasteiger charge is -2.10. The number of fused-ring (bicyclic) bond motifs is 5. The Morgan fingerprint density at radius 3 is 1.38 bits per heavy atom. The summed E-state index contributed by atoms with van der Waals surface area (Å²) >= 11 is 28.1. The molecule has 0 radical (unpaired) electrons. The molecule has 0 aliphatic heterocycles. The fourth-order valence-corrected chi connectivity index (χ4v) is 10.3. The van der Waals surface area contributed by atoms with Crippen molar-refractivity contribution in [2.45, 2.75) is 0 Å². The minimum absolute atomic E-state index is 0.0801. The molecule has 41 heteroatoms. The van der Waals surface area contributed by atoms with E-state index in [2.05, 4.69) is 80.6 Å². The van der Waals surface area contributed by atoms with Gasteiger partial charge in [-0.05, 0) is 150 Å². The Morgan fingerprint density at radius 1 is 0.405 bits per heavy atom. The second-order valence-electron chi connectivity index (χ2n) is 21.5. The maximum Gasteiger partial charge on any atom is 0.508 e. The van der Waals surface area contributed by atoms with Crippen LogP contribution in [0.25, 0.3) is 50.6 Å². The van der Waals surface area contributed by atoms with Crippen LogP contribution < -0.4 is 40.3 Å². The molecule has 0 fully saturated rings. The maximum absolute atomic E-state index is 14.1. The number of nitrogen functional groups attached to an aromatic ring is 1. The Hall–Kier alpha value is -13.1. The summed E-state index contributed by atoms with van der Waals surface area (Å²) in [5.41, 5.74) is 8.78. The number of para-hydroxylation sites is 2. The normalized spacial score (nSPS) is 10.6. The van der Waals surface area contributed by atoms with Crippen LogP contribution in [0.3, 0.4) is 0 Å². The Balaban J connectivity index is 0.000000133. The van der Waals surface area contributed by atoms with E-state index >= 15 is 0 Å². The molecular formula is C70H50BCl5F6N22O7. The van der Waals surface area contributed by atoms with Gasteiger partial charge in [0, 0.05) is 36.8 Å². The van der Waals surface area contributed by atoms with Crippen LogP contribution in [-0.2, 0) is 0 Å².